The molecule has 0 radical (unpaired) electrons. The van der Waals surface area contributed by atoms with Gasteiger partial charge in [0.05, 0.1) is 0 Å². The third kappa shape index (κ3) is 5.08. The van der Waals surface area contributed by atoms with E-state index >= 15 is 0 Å². The van der Waals surface area contributed by atoms with Crippen LogP contribution in [0.2, 0.25) is 0 Å². The van der Waals surface area contributed by atoms with Crippen molar-refractivity contribution in [2.24, 2.45) is 0 Å². The fourth-order valence-corrected chi connectivity index (χ4v) is 2.76. The van der Waals surface area contributed by atoms with E-state index in [1.54, 1.807) is 0 Å². The van der Waals surface area contributed by atoms with Crippen LogP contribution in [0.15, 0.2) is 12.7 Å². The Morgan fingerprint density at radius 3 is 2.20 bits per heavy atom. The van der Waals surface area contributed by atoms with Crippen molar-refractivity contribution in [2.75, 3.05) is 26.6 Å². The maximum Gasteiger partial charge on any atom is 0.540 e. The average molecular weight is 234 g/mol. The molecule has 5 nitrogen and oxygen atoms in total. The summed E-state index contributed by atoms with van der Waals surface area (Å²) in [6.45, 7) is 7.85. The van der Waals surface area contributed by atoms with Crippen LogP contribution in [0.4, 0.5) is 0 Å². The molecule has 0 bridgehead atoms. The molecule has 0 aliphatic heterocycles. The van der Waals surface area contributed by atoms with Gasteiger partial charge in [0, 0.05) is 26.4 Å². The molecule has 88 valence electrons. The van der Waals surface area contributed by atoms with Gasteiger partial charge in [-0.05, 0) is 13.8 Å². The molecule has 0 saturated heterocycles. The molecule has 0 aromatic rings. The molecule has 0 atom stereocenters. The number of rotatable bonds is 8. The Bertz CT molecular complexity index is 201. The van der Waals surface area contributed by atoms with Crippen LogP contribution in [-0.4, -0.2) is 41.3 Å². The Labute approximate surface area is 91.3 Å². The van der Waals surface area contributed by atoms with Crippen LogP contribution >= 0.6 is 0 Å². The normalized spacial score (nSPS) is 11.1. The summed E-state index contributed by atoms with van der Waals surface area (Å²) in [6, 6.07) is 0. The van der Waals surface area contributed by atoms with E-state index in [0.29, 0.717) is 13.2 Å². The molecule has 6 heteroatoms. The number of carbonyl (C=O) groups excluding carboxylic acids is 1. The first-order chi connectivity index (χ1) is 7.14. The van der Waals surface area contributed by atoms with Gasteiger partial charge >= 0.3 is 14.8 Å². The van der Waals surface area contributed by atoms with Crippen molar-refractivity contribution in [2.45, 2.75) is 13.8 Å². The first-order valence-electron chi connectivity index (χ1n) is 4.76. The van der Waals surface area contributed by atoms with Crippen molar-refractivity contribution >= 4 is 14.8 Å². The van der Waals surface area contributed by atoms with Gasteiger partial charge in [-0.2, -0.15) is 0 Å². The van der Waals surface area contributed by atoms with Gasteiger partial charge in [-0.25, -0.2) is 4.79 Å². The van der Waals surface area contributed by atoms with E-state index in [2.05, 4.69) is 6.58 Å². The summed E-state index contributed by atoms with van der Waals surface area (Å²) >= 11 is 0. The molecule has 0 aliphatic rings. The average Bonchev–Trinajstić information content (AvgIpc) is 2.26. The molecule has 15 heavy (non-hydrogen) atoms. The highest BCUT2D eigenvalue weighted by Gasteiger charge is 2.41. The molecule has 0 unspecified atom stereocenters. The van der Waals surface area contributed by atoms with Crippen molar-refractivity contribution in [3.8, 4) is 0 Å². The molecule has 0 aliphatic carbocycles. The van der Waals surface area contributed by atoms with Crippen molar-refractivity contribution < 1.29 is 22.8 Å². The highest BCUT2D eigenvalue weighted by atomic mass is 28.4. The molecular formula is C9H18O5Si. The molecule has 0 spiro atoms. The Morgan fingerprint density at radius 1 is 1.33 bits per heavy atom. The maximum absolute atomic E-state index is 10.9. The van der Waals surface area contributed by atoms with E-state index in [4.69, 9.17) is 18.0 Å². The molecule has 0 saturated carbocycles. The largest absolute Gasteiger partial charge is 0.540 e. The van der Waals surface area contributed by atoms with Crippen LogP contribution in [-0.2, 0) is 22.8 Å². The summed E-state index contributed by atoms with van der Waals surface area (Å²) in [6.07, 6.45) is 1.10. The number of ether oxygens (including phenoxy) is 1. The number of esters is 1. The minimum Gasteiger partial charge on any atom is -0.458 e. The third-order valence-corrected chi connectivity index (χ3v) is 4.17. The van der Waals surface area contributed by atoms with E-state index in [0.717, 1.165) is 6.08 Å². The summed E-state index contributed by atoms with van der Waals surface area (Å²) < 4.78 is 20.9. The number of hydrogen-bond acceptors (Lipinski definition) is 5. The van der Waals surface area contributed by atoms with Gasteiger partial charge in [0.25, 0.3) is 0 Å². The number of carbonyl (C=O) groups is 1. The Kier molecular flexibility index (Phi) is 7.23. The topological polar surface area (TPSA) is 54.0 Å². The molecule has 0 amide bonds. The van der Waals surface area contributed by atoms with Gasteiger partial charge in [-0.1, -0.05) is 6.58 Å². The first-order valence-corrected chi connectivity index (χ1v) is 6.69. The highest BCUT2D eigenvalue weighted by Crippen LogP contribution is 2.09. The lowest BCUT2D eigenvalue weighted by atomic mass is 10.7. The summed E-state index contributed by atoms with van der Waals surface area (Å²) in [5.74, 6) is -0.511. The fraction of sp³-hybridized carbons (Fsp3) is 0.667. The van der Waals surface area contributed by atoms with Gasteiger partial charge in [0.15, 0.2) is 6.23 Å². The summed E-state index contributed by atoms with van der Waals surface area (Å²) in [5.41, 5.74) is 0. The zero-order chi connectivity index (χ0) is 11.7. The maximum atomic E-state index is 10.9. The minimum atomic E-state index is -2.84. The molecule has 0 N–H and O–H groups in total. The summed E-state index contributed by atoms with van der Waals surface area (Å²) in [4.78, 5) is 10.9. The van der Waals surface area contributed by atoms with Crippen LogP contribution in [0.5, 0.6) is 0 Å². The van der Waals surface area contributed by atoms with E-state index in [1.807, 2.05) is 13.8 Å². The van der Waals surface area contributed by atoms with Crippen LogP contribution in [0.25, 0.3) is 0 Å². The van der Waals surface area contributed by atoms with E-state index < -0.39 is 14.8 Å². The Morgan fingerprint density at radius 2 is 1.87 bits per heavy atom. The van der Waals surface area contributed by atoms with Crippen molar-refractivity contribution in [3.05, 3.63) is 12.7 Å². The van der Waals surface area contributed by atoms with Gasteiger partial charge < -0.3 is 18.0 Å². The highest BCUT2D eigenvalue weighted by molar-refractivity contribution is 6.60. The van der Waals surface area contributed by atoms with Crippen molar-refractivity contribution in [1.29, 1.82) is 0 Å². The standard InChI is InChI=1S/C9H18O5Si/c1-5-9(10)12-8-15(11-4,13-6-2)14-7-3/h5H,1,6-8H2,2-4H3. The Hall–Kier alpha value is -0.693. The van der Waals surface area contributed by atoms with Gasteiger partial charge in [-0.3, -0.25) is 0 Å². The van der Waals surface area contributed by atoms with Crippen molar-refractivity contribution in [1.82, 2.24) is 0 Å². The quantitative estimate of drug-likeness (QED) is 0.355. The van der Waals surface area contributed by atoms with Crippen molar-refractivity contribution in [3.63, 3.8) is 0 Å². The predicted octanol–water partition coefficient (Wildman–Crippen LogP) is 0.913. The minimum absolute atomic E-state index is 0.00995. The number of hydrogen-bond donors (Lipinski definition) is 0. The van der Waals surface area contributed by atoms with Gasteiger partial charge in [-0.15, -0.1) is 0 Å². The predicted molar refractivity (Wildman–Crippen MR) is 57.2 cm³/mol. The lowest BCUT2D eigenvalue weighted by Crippen LogP contribution is -2.50. The Balaban J connectivity index is 4.31. The van der Waals surface area contributed by atoms with Crippen LogP contribution in [0.3, 0.4) is 0 Å². The zero-order valence-corrected chi connectivity index (χ0v) is 10.4. The molecule has 0 rings (SSSR count). The van der Waals surface area contributed by atoms with Gasteiger partial charge in [0.2, 0.25) is 0 Å². The fourth-order valence-electron chi connectivity index (χ4n) is 0.960. The second-order valence-electron chi connectivity index (χ2n) is 2.56. The molecule has 0 fully saturated rings. The molecule has 0 heterocycles. The molecule has 0 aromatic heterocycles. The second kappa shape index (κ2) is 7.58. The lowest BCUT2D eigenvalue weighted by molar-refractivity contribution is -0.137. The van der Waals surface area contributed by atoms with Crippen LogP contribution in [0, 0.1) is 0 Å². The summed E-state index contributed by atoms with van der Waals surface area (Å²) in [5, 5.41) is 0. The smallest absolute Gasteiger partial charge is 0.458 e. The van der Waals surface area contributed by atoms with E-state index in [-0.39, 0.29) is 6.23 Å². The molecular weight excluding hydrogens is 216 g/mol. The molecule has 0 aromatic carbocycles. The second-order valence-corrected chi connectivity index (χ2v) is 5.21. The SMILES string of the molecule is C=CC(=O)OC[Si](OC)(OCC)OCC. The monoisotopic (exact) mass is 234 g/mol. The summed E-state index contributed by atoms with van der Waals surface area (Å²) in [7, 11) is -1.35. The van der Waals surface area contributed by atoms with E-state index in [1.165, 1.54) is 7.11 Å². The van der Waals surface area contributed by atoms with Gasteiger partial charge in [0.1, 0.15) is 0 Å². The first kappa shape index (κ1) is 14.3. The van der Waals surface area contributed by atoms with Crippen LogP contribution in [0.1, 0.15) is 13.8 Å². The van der Waals surface area contributed by atoms with E-state index in [9.17, 15) is 4.79 Å². The lowest BCUT2D eigenvalue weighted by Gasteiger charge is -2.26. The van der Waals surface area contributed by atoms with Crippen LogP contribution < -0.4 is 0 Å². The third-order valence-electron chi connectivity index (χ3n) is 1.60. The zero-order valence-electron chi connectivity index (χ0n) is 9.45.